The molecule has 0 amide bonds. The first-order valence-electron chi connectivity index (χ1n) is 19.0. The monoisotopic (exact) mass is 714 g/mol. The number of hydrogen-bond acceptors (Lipinski definition) is 2. The number of para-hydroxylation sites is 3. The lowest BCUT2D eigenvalue weighted by molar-refractivity contribution is 1.16. The van der Waals surface area contributed by atoms with E-state index in [2.05, 4.69) is 203 Å². The van der Waals surface area contributed by atoms with Gasteiger partial charge in [-0.3, -0.25) is 0 Å². The molecule has 0 atom stereocenters. The van der Waals surface area contributed by atoms with Crippen molar-refractivity contribution in [3.05, 3.63) is 206 Å². The molecular weight excluding hydrogens is 681 g/mol. The van der Waals surface area contributed by atoms with Crippen LogP contribution in [0.3, 0.4) is 0 Å². The Bertz CT molecular complexity index is 3220. The van der Waals surface area contributed by atoms with Gasteiger partial charge in [0.05, 0.1) is 33.5 Å². The SMILES string of the molecule is c1ccc(-c2ccc(-c3cc(-c4ccccc4)nc(-c4cccc(-n5c6ccccc6c6ccc7c(c8ccccc8n7-c7ccccc7)c65)c4)n3)cc2)cc1. The van der Waals surface area contributed by atoms with E-state index in [0.29, 0.717) is 5.82 Å². The Hall–Kier alpha value is -7.56. The lowest BCUT2D eigenvalue weighted by Gasteiger charge is -2.13. The van der Waals surface area contributed by atoms with Crippen LogP contribution in [0.15, 0.2) is 206 Å². The molecule has 56 heavy (non-hydrogen) atoms. The Labute approximate surface area is 324 Å². The Balaban J connectivity index is 1.13. The van der Waals surface area contributed by atoms with Crippen LogP contribution in [0.5, 0.6) is 0 Å². The summed E-state index contributed by atoms with van der Waals surface area (Å²) in [5.41, 5.74) is 14.1. The van der Waals surface area contributed by atoms with Crippen molar-refractivity contribution in [1.29, 1.82) is 0 Å². The summed E-state index contributed by atoms with van der Waals surface area (Å²) in [6, 6.07) is 73.1. The highest BCUT2D eigenvalue weighted by Gasteiger charge is 2.21. The molecule has 0 bridgehead atoms. The van der Waals surface area contributed by atoms with Crippen LogP contribution in [-0.2, 0) is 0 Å². The smallest absolute Gasteiger partial charge is 0.160 e. The van der Waals surface area contributed by atoms with E-state index < -0.39 is 0 Å². The average molecular weight is 715 g/mol. The molecule has 11 rings (SSSR count). The van der Waals surface area contributed by atoms with Gasteiger partial charge in [-0.15, -0.1) is 0 Å². The minimum atomic E-state index is 0.682. The summed E-state index contributed by atoms with van der Waals surface area (Å²) in [5.74, 6) is 0.682. The van der Waals surface area contributed by atoms with Crippen molar-refractivity contribution in [2.24, 2.45) is 0 Å². The second-order valence-electron chi connectivity index (χ2n) is 14.2. The molecule has 0 aliphatic heterocycles. The highest BCUT2D eigenvalue weighted by Crippen LogP contribution is 2.42. The molecule has 0 saturated heterocycles. The molecule has 0 aliphatic rings. The van der Waals surface area contributed by atoms with Crippen molar-refractivity contribution < 1.29 is 0 Å². The van der Waals surface area contributed by atoms with Crippen molar-refractivity contribution in [1.82, 2.24) is 19.1 Å². The van der Waals surface area contributed by atoms with E-state index in [1.54, 1.807) is 0 Å². The number of fused-ring (bicyclic) bond motifs is 7. The van der Waals surface area contributed by atoms with E-state index >= 15 is 0 Å². The highest BCUT2D eigenvalue weighted by molar-refractivity contribution is 6.26. The van der Waals surface area contributed by atoms with Gasteiger partial charge in [-0.25, -0.2) is 9.97 Å². The average Bonchev–Trinajstić information content (AvgIpc) is 3.80. The Morgan fingerprint density at radius 3 is 1.54 bits per heavy atom. The van der Waals surface area contributed by atoms with E-state index in [1.807, 2.05) is 12.1 Å². The van der Waals surface area contributed by atoms with Crippen molar-refractivity contribution >= 4 is 43.6 Å². The summed E-state index contributed by atoms with van der Waals surface area (Å²) >= 11 is 0. The van der Waals surface area contributed by atoms with Gasteiger partial charge < -0.3 is 9.13 Å². The fraction of sp³-hybridized carbons (Fsp3) is 0. The van der Waals surface area contributed by atoms with Gasteiger partial charge in [-0.1, -0.05) is 158 Å². The van der Waals surface area contributed by atoms with Crippen LogP contribution in [0.1, 0.15) is 0 Å². The molecule has 3 aromatic heterocycles. The maximum Gasteiger partial charge on any atom is 0.160 e. The number of rotatable bonds is 6. The third-order valence-corrected chi connectivity index (χ3v) is 10.9. The first-order chi connectivity index (χ1) is 27.8. The van der Waals surface area contributed by atoms with Crippen molar-refractivity contribution in [3.63, 3.8) is 0 Å². The fourth-order valence-corrected chi connectivity index (χ4v) is 8.36. The number of nitrogens with zero attached hydrogens (tertiary/aromatic N) is 4. The molecule has 0 N–H and O–H groups in total. The molecule has 0 radical (unpaired) electrons. The van der Waals surface area contributed by atoms with Gasteiger partial charge in [0, 0.05) is 49.6 Å². The van der Waals surface area contributed by atoms with Gasteiger partial charge in [0.2, 0.25) is 0 Å². The summed E-state index contributed by atoms with van der Waals surface area (Å²) in [6.45, 7) is 0. The predicted octanol–water partition coefficient (Wildman–Crippen LogP) is 13.3. The fourth-order valence-electron chi connectivity index (χ4n) is 8.36. The van der Waals surface area contributed by atoms with Crippen LogP contribution in [0.4, 0.5) is 0 Å². The molecule has 11 aromatic rings. The van der Waals surface area contributed by atoms with Crippen molar-refractivity contribution in [3.8, 4) is 56.4 Å². The molecule has 0 saturated carbocycles. The normalized spacial score (nSPS) is 11.6. The lowest BCUT2D eigenvalue weighted by atomic mass is 10.0. The minimum Gasteiger partial charge on any atom is -0.309 e. The standard InChI is InChI=1S/C52H34N4/c1-4-15-35(16-5-1)36-27-29-38(30-28-36)46-34-45(37-17-6-2-7-18-37)53-52(54-46)39-19-14-22-41(33-39)56-47-25-12-10-23-42(47)43-31-32-49-50(51(43)56)44-24-11-13-26-48(44)55(49)40-20-8-3-9-21-40/h1-34H. The van der Waals surface area contributed by atoms with Gasteiger partial charge in [0.25, 0.3) is 0 Å². The number of aromatic nitrogens is 4. The second-order valence-corrected chi connectivity index (χ2v) is 14.2. The summed E-state index contributed by atoms with van der Waals surface area (Å²) < 4.78 is 4.82. The number of benzene rings is 8. The molecule has 3 heterocycles. The van der Waals surface area contributed by atoms with Crippen LogP contribution in [0, 0.1) is 0 Å². The quantitative estimate of drug-likeness (QED) is 0.172. The van der Waals surface area contributed by atoms with Crippen molar-refractivity contribution in [2.45, 2.75) is 0 Å². The zero-order valence-electron chi connectivity index (χ0n) is 30.4. The van der Waals surface area contributed by atoms with Gasteiger partial charge in [-0.05, 0) is 59.7 Å². The summed E-state index contributed by atoms with van der Waals surface area (Å²) in [4.78, 5) is 10.5. The van der Waals surface area contributed by atoms with Gasteiger partial charge >= 0.3 is 0 Å². The molecule has 8 aromatic carbocycles. The minimum absolute atomic E-state index is 0.682. The maximum absolute atomic E-state index is 5.25. The van der Waals surface area contributed by atoms with Gasteiger partial charge in [0.15, 0.2) is 5.82 Å². The topological polar surface area (TPSA) is 35.6 Å². The molecule has 262 valence electrons. The molecule has 0 spiro atoms. The first-order valence-corrected chi connectivity index (χ1v) is 19.0. The first kappa shape index (κ1) is 31.9. The predicted molar refractivity (Wildman–Crippen MR) is 232 cm³/mol. The number of hydrogen-bond donors (Lipinski definition) is 0. The van der Waals surface area contributed by atoms with Crippen LogP contribution in [0.2, 0.25) is 0 Å². The van der Waals surface area contributed by atoms with Crippen molar-refractivity contribution in [2.75, 3.05) is 0 Å². The summed E-state index contributed by atoms with van der Waals surface area (Å²) in [7, 11) is 0. The Kier molecular flexibility index (Phi) is 7.46. The maximum atomic E-state index is 5.25. The van der Waals surface area contributed by atoms with E-state index in [-0.39, 0.29) is 0 Å². The van der Waals surface area contributed by atoms with E-state index in [1.165, 1.54) is 49.2 Å². The van der Waals surface area contributed by atoms with Gasteiger partial charge in [0.1, 0.15) is 0 Å². The van der Waals surface area contributed by atoms with Gasteiger partial charge in [-0.2, -0.15) is 0 Å². The third kappa shape index (κ3) is 5.23. The largest absolute Gasteiger partial charge is 0.309 e. The molecule has 0 aliphatic carbocycles. The molecule has 4 nitrogen and oxygen atoms in total. The zero-order chi connectivity index (χ0) is 37.0. The highest BCUT2D eigenvalue weighted by atomic mass is 15.0. The molecular formula is C52H34N4. The summed E-state index contributed by atoms with van der Waals surface area (Å²) in [6.07, 6.45) is 0. The molecule has 0 fully saturated rings. The Morgan fingerprint density at radius 2 is 0.821 bits per heavy atom. The Morgan fingerprint density at radius 1 is 0.304 bits per heavy atom. The van der Waals surface area contributed by atoms with Crippen LogP contribution in [-0.4, -0.2) is 19.1 Å². The zero-order valence-corrected chi connectivity index (χ0v) is 30.4. The summed E-state index contributed by atoms with van der Waals surface area (Å²) in [5, 5.41) is 4.89. The van der Waals surface area contributed by atoms with Crippen LogP contribution < -0.4 is 0 Å². The third-order valence-electron chi connectivity index (χ3n) is 10.9. The van der Waals surface area contributed by atoms with Crippen LogP contribution >= 0.6 is 0 Å². The van der Waals surface area contributed by atoms with E-state index in [4.69, 9.17) is 9.97 Å². The van der Waals surface area contributed by atoms with E-state index in [9.17, 15) is 0 Å². The lowest BCUT2D eigenvalue weighted by Crippen LogP contribution is -1.98. The molecule has 4 heteroatoms. The molecule has 0 unspecified atom stereocenters. The second kappa shape index (κ2) is 13.1. The van der Waals surface area contributed by atoms with Crippen LogP contribution in [0.25, 0.3) is 100 Å². The van der Waals surface area contributed by atoms with E-state index in [0.717, 1.165) is 45.0 Å².